The van der Waals surface area contributed by atoms with Crippen LogP contribution >= 0.6 is 11.6 Å². The van der Waals surface area contributed by atoms with Crippen molar-refractivity contribution in [2.75, 3.05) is 19.8 Å². The van der Waals surface area contributed by atoms with Crippen molar-refractivity contribution in [2.45, 2.75) is 44.2 Å². The summed E-state index contributed by atoms with van der Waals surface area (Å²) in [5.41, 5.74) is 2.04. The molecule has 3 atom stereocenters. The van der Waals surface area contributed by atoms with Crippen LogP contribution < -0.4 is 10.1 Å². The van der Waals surface area contributed by atoms with Gasteiger partial charge in [0.2, 0.25) is 0 Å². The van der Waals surface area contributed by atoms with E-state index in [9.17, 15) is 9.90 Å². The Morgan fingerprint density at radius 3 is 2.86 bits per heavy atom. The fourth-order valence-corrected chi connectivity index (χ4v) is 3.98. The topological polar surface area (TPSA) is 67.8 Å². The zero-order chi connectivity index (χ0) is 20.6. The summed E-state index contributed by atoms with van der Waals surface area (Å²) in [5.74, 6) is 0.756. The third kappa shape index (κ3) is 6.46. The van der Waals surface area contributed by atoms with E-state index < -0.39 is 6.10 Å². The lowest BCUT2D eigenvalue weighted by Gasteiger charge is -2.17. The summed E-state index contributed by atoms with van der Waals surface area (Å²) in [5, 5.41) is 14.5. The number of benzene rings is 2. The highest BCUT2D eigenvalue weighted by atomic mass is 35.5. The highest BCUT2D eigenvalue weighted by Crippen LogP contribution is 2.36. The average molecular weight is 418 g/mol. The van der Waals surface area contributed by atoms with Crippen LogP contribution in [0.5, 0.6) is 5.75 Å². The van der Waals surface area contributed by atoms with Gasteiger partial charge in [0.25, 0.3) is 0 Å². The molecular formula is C23H28ClNO4. The largest absolute Gasteiger partial charge is 0.482 e. The number of carbonyl (C=O) groups excluding carboxylic acids is 1. The van der Waals surface area contributed by atoms with E-state index in [-0.39, 0.29) is 12.6 Å². The maximum Gasteiger partial charge on any atom is 0.344 e. The molecule has 1 aliphatic rings. The van der Waals surface area contributed by atoms with Gasteiger partial charge in [-0.2, -0.15) is 0 Å². The van der Waals surface area contributed by atoms with Crippen LogP contribution in [0.2, 0.25) is 5.02 Å². The van der Waals surface area contributed by atoms with Crippen LogP contribution in [0.15, 0.2) is 48.5 Å². The van der Waals surface area contributed by atoms with Crippen molar-refractivity contribution in [1.82, 2.24) is 5.32 Å². The van der Waals surface area contributed by atoms with E-state index in [1.165, 1.54) is 5.56 Å². The second-order valence-electron chi connectivity index (χ2n) is 7.35. The number of aliphatic hydroxyl groups is 1. The van der Waals surface area contributed by atoms with Crippen molar-refractivity contribution in [1.29, 1.82) is 0 Å². The van der Waals surface area contributed by atoms with E-state index in [1.54, 1.807) is 19.1 Å². The van der Waals surface area contributed by atoms with Crippen molar-refractivity contribution >= 4 is 17.6 Å². The summed E-state index contributed by atoms with van der Waals surface area (Å²) in [6, 6.07) is 15.6. The second-order valence-corrected chi connectivity index (χ2v) is 7.79. The number of hydrogen-bond donors (Lipinski definition) is 2. The Balaban J connectivity index is 1.49. The number of esters is 1. The van der Waals surface area contributed by atoms with Gasteiger partial charge in [0.05, 0.1) is 12.7 Å². The first kappa shape index (κ1) is 21.6. The van der Waals surface area contributed by atoms with Crippen LogP contribution in [0.3, 0.4) is 0 Å². The van der Waals surface area contributed by atoms with Gasteiger partial charge >= 0.3 is 5.97 Å². The lowest BCUT2D eigenvalue weighted by Crippen LogP contribution is -2.30. The molecule has 2 aromatic rings. The van der Waals surface area contributed by atoms with E-state index in [4.69, 9.17) is 21.1 Å². The van der Waals surface area contributed by atoms with Crippen molar-refractivity contribution in [3.8, 4) is 5.75 Å². The molecule has 0 radical (unpaired) electrons. The Morgan fingerprint density at radius 1 is 1.24 bits per heavy atom. The molecule has 2 aromatic carbocycles. The molecule has 6 heteroatoms. The van der Waals surface area contributed by atoms with Crippen LogP contribution in [0.25, 0.3) is 0 Å². The molecular weight excluding hydrogens is 390 g/mol. The van der Waals surface area contributed by atoms with Gasteiger partial charge in [0.15, 0.2) is 6.61 Å². The summed E-state index contributed by atoms with van der Waals surface area (Å²) in [4.78, 5) is 11.5. The van der Waals surface area contributed by atoms with Crippen LogP contribution in [-0.4, -0.2) is 36.9 Å². The number of ether oxygens (including phenoxy) is 2. The van der Waals surface area contributed by atoms with Crippen molar-refractivity contribution < 1.29 is 19.4 Å². The Morgan fingerprint density at radius 2 is 2.07 bits per heavy atom. The van der Waals surface area contributed by atoms with E-state index in [0.717, 1.165) is 24.8 Å². The molecule has 1 aliphatic carbocycles. The summed E-state index contributed by atoms with van der Waals surface area (Å²) in [7, 11) is 0. The molecule has 0 aromatic heterocycles. The first-order chi connectivity index (χ1) is 14.0. The normalized spacial score (nSPS) is 19.7. The van der Waals surface area contributed by atoms with E-state index in [2.05, 4.69) is 11.4 Å². The van der Waals surface area contributed by atoms with Crippen LogP contribution in [-0.2, 0) is 9.53 Å². The number of hydrogen-bond acceptors (Lipinski definition) is 5. The molecule has 0 amide bonds. The average Bonchev–Trinajstić information content (AvgIpc) is 3.20. The molecule has 5 nitrogen and oxygen atoms in total. The molecule has 0 heterocycles. The quantitative estimate of drug-likeness (QED) is 0.597. The van der Waals surface area contributed by atoms with Gasteiger partial charge in [-0.05, 0) is 67.5 Å². The molecule has 0 aliphatic heterocycles. The molecule has 29 heavy (non-hydrogen) atoms. The highest BCUT2D eigenvalue weighted by Gasteiger charge is 2.26. The Hall–Kier alpha value is -2.08. The predicted molar refractivity (Wildman–Crippen MR) is 113 cm³/mol. The monoisotopic (exact) mass is 417 g/mol. The molecule has 156 valence electrons. The third-order valence-corrected chi connectivity index (χ3v) is 5.49. The summed E-state index contributed by atoms with van der Waals surface area (Å²) in [6.45, 7) is 2.55. The number of aliphatic hydroxyl groups excluding tert-OH is 1. The highest BCUT2D eigenvalue weighted by molar-refractivity contribution is 6.30. The fourth-order valence-electron chi connectivity index (χ4n) is 3.78. The Bertz CT molecular complexity index is 813. The minimum Gasteiger partial charge on any atom is -0.482 e. The van der Waals surface area contributed by atoms with E-state index in [1.807, 2.05) is 30.3 Å². The number of rotatable bonds is 9. The van der Waals surface area contributed by atoms with Crippen LogP contribution in [0, 0.1) is 0 Å². The van der Waals surface area contributed by atoms with Gasteiger partial charge in [0.1, 0.15) is 5.75 Å². The number of halogens is 1. The molecule has 2 N–H and O–H groups in total. The zero-order valence-electron chi connectivity index (χ0n) is 16.6. The van der Waals surface area contributed by atoms with Gasteiger partial charge in [0, 0.05) is 17.6 Å². The van der Waals surface area contributed by atoms with Gasteiger partial charge in [-0.25, -0.2) is 4.79 Å². The van der Waals surface area contributed by atoms with Crippen molar-refractivity contribution in [3.63, 3.8) is 0 Å². The Labute approximate surface area is 177 Å². The molecule has 0 saturated heterocycles. The van der Waals surface area contributed by atoms with Gasteiger partial charge in [-0.1, -0.05) is 35.9 Å². The van der Waals surface area contributed by atoms with Crippen molar-refractivity contribution in [3.05, 3.63) is 64.7 Å². The lowest BCUT2D eigenvalue weighted by atomic mass is 9.97. The SMILES string of the molecule is CCOC(=O)COc1cccc(C2CCC(NC[C@H](O)c3cccc(Cl)c3)C2)c1. The standard InChI is InChI=1S/C23H28ClNO4/c1-2-28-23(27)15-29-21-8-4-5-16(13-21)17-9-10-20(12-17)25-14-22(26)18-6-3-7-19(24)11-18/h3-8,11,13,17,20,22,25-26H,2,9-10,12,14-15H2,1H3/t17?,20?,22-/m0/s1. The fraction of sp³-hybridized carbons (Fsp3) is 0.435. The number of carbonyl (C=O) groups is 1. The molecule has 1 saturated carbocycles. The molecule has 0 bridgehead atoms. The first-order valence-electron chi connectivity index (χ1n) is 10.1. The minimum atomic E-state index is -0.577. The molecule has 1 fully saturated rings. The van der Waals surface area contributed by atoms with Crippen molar-refractivity contribution in [2.24, 2.45) is 0 Å². The lowest BCUT2D eigenvalue weighted by molar-refractivity contribution is -0.145. The summed E-state index contributed by atoms with van der Waals surface area (Å²) in [6.07, 6.45) is 2.56. The number of nitrogens with one attached hydrogen (secondary N) is 1. The van der Waals surface area contributed by atoms with Gasteiger partial charge < -0.3 is 19.9 Å². The van der Waals surface area contributed by atoms with Gasteiger partial charge in [-0.15, -0.1) is 0 Å². The van der Waals surface area contributed by atoms with E-state index in [0.29, 0.717) is 35.9 Å². The minimum absolute atomic E-state index is 0.0759. The Kier molecular flexibility index (Phi) is 7.92. The summed E-state index contributed by atoms with van der Waals surface area (Å²) < 4.78 is 10.4. The maximum absolute atomic E-state index is 11.5. The molecule has 0 spiro atoms. The first-order valence-corrected chi connectivity index (χ1v) is 10.5. The van der Waals surface area contributed by atoms with Crippen LogP contribution in [0.4, 0.5) is 0 Å². The third-order valence-electron chi connectivity index (χ3n) is 5.26. The second kappa shape index (κ2) is 10.6. The summed E-state index contributed by atoms with van der Waals surface area (Å²) >= 11 is 6.00. The molecule has 3 rings (SSSR count). The predicted octanol–water partition coefficient (Wildman–Crippen LogP) is 4.24. The smallest absolute Gasteiger partial charge is 0.344 e. The van der Waals surface area contributed by atoms with E-state index >= 15 is 0 Å². The maximum atomic E-state index is 11.5. The molecule has 2 unspecified atom stereocenters. The zero-order valence-corrected chi connectivity index (χ0v) is 17.4. The van der Waals surface area contributed by atoms with Gasteiger partial charge in [-0.3, -0.25) is 0 Å². The van der Waals surface area contributed by atoms with Crippen LogP contribution in [0.1, 0.15) is 49.3 Å².